The number of rotatable bonds is 5. The Morgan fingerprint density at radius 1 is 0.900 bits per heavy atom. The molecule has 0 aliphatic carbocycles. The van der Waals surface area contributed by atoms with Gasteiger partial charge in [0.25, 0.3) is 5.91 Å². The fourth-order valence-corrected chi connectivity index (χ4v) is 3.92. The molecular formula is C25H20ClNO3. The van der Waals surface area contributed by atoms with E-state index in [9.17, 15) is 9.59 Å². The molecule has 1 atom stereocenters. The van der Waals surface area contributed by atoms with Gasteiger partial charge in [-0.3, -0.25) is 4.79 Å². The number of carbonyl (C=O) groups is 2. The summed E-state index contributed by atoms with van der Waals surface area (Å²) >= 11 is 6.26. The van der Waals surface area contributed by atoms with Crippen LogP contribution in [-0.2, 0) is 16.0 Å². The molecule has 0 heterocycles. The minimum atomic E-state index is -0.861. The Kier molecular flexibility index (Phi) is 5.68. The van der Waals surface area contributed by atoms with Crippen LogP contribution in [0.2, 0.25) is 5.02 Å². The van der Waals surface area contributed by atoms with E-state index in [0.29, 0.717) is 10.6 Å². The lowest BCUT2D eigenvalue weighted by Crippen LogP contribution is -2.43. The summed E-state index contributed by atoms with van der Waals surface area (Å²) < 4.78 is 4.94. The first-order valence-electron chi connectivity index (χ1n) is 9.61. The average molecular weight is 418 g/mol. The summed E-state index contributed by atoms with van der Waals surface area (Å²) in [7, 11) is 1.31. The molecule has 0 saturated heterocycles. The average Bonchev–Trinajstić information content (AvgIpc) is 2.77. The maximum Gasteiger partial charge on any atom is 0.328 e. The third-order valence-corrected chi connectivity index (χ3v) is 5.54. The molecule has 0 aromatic heterocycles. The Balaban J connectivity index is 1.76. The van der Waals surface area contributed by atoms with E-state index in [1.54, 1.807) is 6.07 Å². The van der Waals surface area contributed by atoms with Crippen LogP contribution in [0, 0.1) is 0 Å². The maximum atomic E-state index is 13.4. The molecule has 0 fully saturated rings. The smallest absolute Gasteiger partial charge is 0.328 e. The maximum absolute atomic E-state index is 13.4. The molecule has 4 aromatic carbocycles. The highest BCUT2D eigenvalue weighted by Gasteiger charge is 2.25. The standard InChI is InChI=1S/C25H20ClNO3/c1-30-25(29)22(15-18-10-4-7-13-21(18)26)27-24(28)23-19-11-5-2-8-16(19)14-17-9-3-6-12-20(17)23/h2-14,22H,15H2,1H3,(H,27,28)/t22-/m0/s1. The SMILES string of the molecule is COC(=O)[C@H](Cc1ccccc1Cl)NC(=O)c1c2ccccc2cc2ccccc12. The zero-order chi connectivity index (χ0) is 21.1. The third-order valence-electron chi connectivity index (χ3n) is 5.17. The van der Waals surface area contributed by atoms with Gasteiger partial charge in [0.05, 0.1) is 12.7 Å². The topological polar surface area (TPSA) is 55.4 Å². The molecule has 1 N–H and O–H groups in total. The van der Waals surface area contributed by atoms with Gasteiger partial charge in [-0.15, -0.1) is 0 Å². The number of hydrogen-bond acceptors (Lipinski definition) is 3. The Morgan fingerprint density at radius 2 is 1.47 bits per heavy atom. The van der Waals surface area contributed by atoms with E-state index in [0.717, 1.165) is 27.1 Å². The van der Waals surface area contributed by atoms with Crippen molar-refractivity contribution in [2.45, 2.75) is 12.5 Å². The molecule has 0 radical (unpaired) electrons. The van der Waals surface area contributed by atoms with Crippen molar-refractivity contribution < 1.29 is 14.3 Å². The zero-order valence-electron chi connectivity index (χ0n) is 16.4. The number of esters is 1. The number of benzene rings is 4. The number of halogens is 1. The van der Waals surface area contributed by atoms with E-state index in [1.165, 1.54) is 7.11 Å². The van der Waals surface area contributed by atoms with Crippen molar-refractivity contribution in [2.75, 3.05) is 7.11 Å². The molecule has 30 heavy (non-hydrogen) atoms. The number of carbonyl (C=O) groups excluding carboxylic acids is 2. The Morgan fingerprint density at radius 3 is 2.07 bits per heavy atom. The molecular weight excluding hydrogens is 398 g/mol. The number of hydrogen-bond donors (Lipinski definition) is 1. The summed E-state index contributed by atoms with van der Waals surface area (Å²) in [4.78, 5) is 25.9. The van der Waals surface area contributed by atoms with Gasteiger partial charge < -0.3 is 10.1 Å². The van der Waals surface area contributed by atoms with Crippen molar-refractivity contribution in [3.63, 3.8) is 0 Å². The fourth-order valence-electron chi connectivity index (χ4n) is 3.71. The minimum absolute atomic E-state index is 0.237. The number of fused-ring (bicyclic) bond motifs is 2. The Hall–Kier alpha value is -3.37. The summed E-state index contributed by atoms with van der Waals surface area (Å²) in [5, 5.41) is 6.99. The van der Waals surface area contributed by atoms with Crippen LogP contribution in [0.15, 0.2) is 78.9 Å². The second-order valence-electron chi connectivity index (χ2n) is 7.04. The monoisotopic (exact) mass is 417 g/mol. The van der Waals surface area contributed by atoms with E-state index in [4.69, 9.17) is 16.3 Å². The molecule has 1 amide bonds. The summed E-state index contributed by atoms with van der Waals surface area (Å²) in [5.41, 5.74) is 1.30. The first-order chi connectivity index (χ1) is 14.6. The highest BCUT2D eigenvalue weighted by molar-refractivity contribution is 6.31. The first kappa shape index (κ1) is 19.9. The van der Waals surface area contributed by atoms with Gasteiger partial charge in [-0.2, -0.15) is 0 Å². The van der Waals surface area contributed by atoms with Gasteiger partial charge in [0.15, 0.2) is 0 Å². The highest BCUT2D eigenvalue weighted by Crippen LogP contribution is 2.28. The normalized spacial score (nSPS) is 11.9. The van der Waals surface area contributed by atoms with Crippen LogP contribution in [0.1, 0.15) is 15.9 Å². The molecule has 4 nitrogen and oxygen atoms in total. The van der Waals surface area contributed by atoms with Crippen LogP contribution in [0.5, 0.6) is 0 Å². The van der Waals surface area contributed by atoms with Gasteiger partial charge >= 0.3 is 5.97 Å². The largest absolute Gasteiger partial charge is 0.467 e. The molecule has 0 bridgehead atoms. The summed E-state index contributed by atoms with van der Waals surface area (Å²) in [5.74, 6) is -0.849. The lowest BCUT2D eigenvalue weighted by Gasteiger charge is -2.19. The third kappa shape index (κ3) is 3.87. The van der Waals surface area contributed by atoms with E-state index in [2.05, 4.69) is 11.4 Å². The van der Waals surface area contributed by atoms with Crippen LogP contribution in [0.25, 0.3) is 21.5 Å². The van der Waals surface area contributed by atoms with E-state index >= 15 is 0 Å². The highest BCUT2D eigenvalue weighted by atomic mass is 35.5. The second-order valence-corrected chi connectivity index (χ2v) is 7.45. The first-order valence-corrected chi connectivity index (χ1v) is 9.99. The quantitative estimate of drug-likeness (QED) is 0.360. The fraction of sp³-hybridized carbons (Fsp3) is 0.120. The number of nitrogens with one attached hydrogen (secondary N) is 1. The van der Waals surface area contributed by atoms with Gasteiger partial charge in [-0.05, 0) is 39.2 Å². The molecule has 5 heteroatoms. The number of ether oxygens (including phenoxy) is 1. The number of amides is 1. The van der Waals surface area contributed by atoms with Crippen molar-refractivity contribution in [1.29, 1.82) is 0 Å². The molecule has 150 valence electrons. The minimum Gasteiger partial charge on any atom is -0.467 e. The molecule has 4 aromatic rings. The number of methoxy groups -OCH3 is 1. The van der Waals surface area contributed by atoms with Gasteiger partial charge in [-0.25, -0.2) is 4.79 Å². The van der Waals surface area contributed by atoms with Gasteiger partial charge in [0.2, 0.25) is 0 Å². The van der Waals surface area contributed by atoms with Gasteiger partial charge in [-0.1, -0.05) is 78.3 Å². The van der Waals surface area contributed by atoms with Crippen LogP contribution in [0.3, 0.4) is 0 Å². The molecule has 4 rings (SSSR count). The van der Waals surface area contributed by atoms with Crippen molar-refractivity contribution in [3.8, 4) is 0 Å². The molecule has 0 unspecified atom stereocenters. The van der Waals surface area contributed by atoms with Crippen LogP contribution < -0.4 is 5.32 Å². The van der Waals surface area contributed by atoms with Crippen LogP contribution >= 0.6 is 11.6 Å². The second kappa shape index (κ2) is 8.56. The van der Waals surface area contributed by atoms with Crippen molar-refractivity contribution in [2.24, 2.45) is 0 Å². The predicted octanol–water partition coefficient (Wildman–Crippen LogP) is 5.16. The van der Waals surface area contributed by atoms with Crippen molar-refractivity contribution in [1.82, 2.24) is 5.32 Å². The van der Waals surface area contributed by atoms with Gasteiger partial charge in [0, 0.05) is 11.4 Å². The molecule has 0 saturated carbocycles. The van der Waals surface area contributed by atoms with Crippen molar-refractivity contribution in [3.05, 3.63) is 95.0 Å². The summed E-state index contributed by atoms with van der Waals surface area (Å²) in [6.07, 6.45) is 0.237. The van der Waals surface area contributed by atoms with Crippen LogP contribution in [0.4, 0.5) is 0 Å². The Bertz CT molecular complexity index is 1200. The van der Waals surface area contributed by atoms with E-state index in [1.807, 2.05) is 66.7 Å². The molecule has 0 aliphatic heterocycles. The zero-order valence-corrected chi connectivity index (χ0v) is 17.1. The van der Waals surface area contributed by atoms with E-state index < -0.39 is 12.0 Å². The lowest BCUT2D eigenvalue weighted by molar-refractivity contribution is -0.142. The summed E-state index contributed by atoms with van der Waals surface area (Å²) in [6, 6.07) is 23.9. The van der Waals surface area contributed by atoms with Crippen LogP contribution in [-0.4, -0.2) is 25.0 Å². The van der Waals surface area contributed by atoms with Gasteiger partial charge in [0.1, 0.15) is 6.04 Å². The summed E-state index contributed by atoms with van der Waals surface area (Å²) in [6.45, 7) is 0. The van der Waals surface area contributed by atoms with E-state index in [-0.39, 0.29) is 12.3 Å². The molecule has 0 spiro atoms. The lowest BCUT2D eigenvalue weighted by atomic mass is 9.95. The molecule has 0 aliphatic rings. The predicted molar refractivity (Wildman–Crippen MR) is 120 cm³/mol. The van der Waals surface area contributed by atoms with Crippen molar-refractivity contribution >= 4 is 45.0 Å². The Labute approximate surface area is 179 Å².